The first-order valence-corrected chi connectivity index (χ1v) is 16.4. The third-order valence-corrected chi connectivity index (χ3v) is 10.2. The van der Waals surface area contributed by atoms with E-state index in [0.717, 1.165) is 49.4 Å². The molecule has 0 aliphatic heterocycles. The van der Waals surface area contributed by atoms with E-state index < -0.39 is 0 Å². The topological polar surface area (TPSA) is 26.3 Å². The lowest BCUT2D eigenvalue weighted by atomic mass is 9.92. The molecule has 2 nitrogen and oxygen atoms in total. The largest absolute Gasteiger partial charge is 0.456 e. The minimum absolute atomic E-state index is 0.831. The molecule has 0 spiro atoms. The molecule has 0 atom stereocenters. The van der Waals surface area contributed by atoms with Gasteiger partial charge in [-0.25, -0.2) is 0 Å². The van der Waals surface area contributed by atoms with Gasteiger partial charge in [-0.2, -0.15) is 0 Å². The van der Waals surface area contributed by atoms with Gasteiger partial charge in [0.05, 0.1) is 5.39 Å². The smallest absolute Gasteiger partial charge is 0.147 e. The van der Waals surface area contributed by atoms with Crippen molar-refractivity contribution >= 4 is 87.0 Å². The number of benzene rings is 9. The zero-order chi connectivity index (χ0) is 31.3. The average Bonchev–Trinajstić information content (AvgIpc) is 3.71. The van der Waals surface area contributed by atoms with Gasteiger partial charge in [0.25, 0.3) is 0 Å². The van der Waals surface area contributed by atoms with Crippen LogP contribution in [0.15, 0.2) is 167 Å². The molecule has 0 N–H and O–H groups in total. The van der Waals surface area contributed by atoms with E-state index in [1.807, 2.05) is 0 Å². The quantitative estimate of drug-likeness (QED) is 0.182. The summed E-state index contributed by atoms with van der Waals surface area (Å²) in [6.07, 6.45) is 0. The standard InChI is InChI=1S/C46H26O2/c1-3-11-31-27(9-1)23-38(35-15-7-5-13-33(31)35)29-17-20-42-40(25-29)37-19-22-44-45(46(37)48-42)41-26-30(18-21-43(41)47-44)39-24-28-10-2-4-12-32(28)34-14-6-8-16-36(34)39/h1-26H. The molecule has 222 valence electrons. The van der Waals surface area contributed by atoms with E-state index in [0.29, 0.717) is 0 Å². The first-order valence-electron chi connectivity index (χ1n) is 16.4. The fraction of sp³-hybridized carbons (Fsp3) is 0. The lowest BCUT2D eigenvalue weighted by Gasteiger charge is -2.11. The minimum Gasteiger partial charge on any atom is -0.456 e. The van der Waals surface area contributed by atoms with Crippen LogP contribution in [0.2, 0.25) is 0 Å². The lowest BCUT2D eigenvalue weighted by Crippen LogP contribution is -1.84. The van der Waals surface area contributed by atoms with Crippen molar-refractivity contribution < 1.29 is 8.83 Å². The molecule has 0 amide bonds. The van der Waals surface area contributed by atoms with Crippen molar-refractivity contribution in [3.05, 3.63) is 158 Å². The Bertz CT molecular complexity index is 3120. The third kappa shape index (κ3) is 3.57. The van der Waals surface area contributed by atoms with Crippen molar-refractivity contribution in [1.29, 1.82) is 0 Å². The van der Waals surface area contributed by atoms with Gasteiger partial charge in [0.2, 0.25) is 0 Å². The molecule has 11 aromatic rings. The van der Waals surface area contributed by atoms with Gasteiger partial charge in [-0.3, -0.25) is 0 Å². The number of furan rings is 2. The Hall–Kier alpha value is -6.38. The number of hydrogen-bond acceptors (Lipinski definition) is 2. The van der Waals surface area contributed by atoms with Crippen LogP contribution in [0.3, 0.4) is 0 Å². The van der Waals surface area contributed by atoms with Gasteiger partial charge in [0.1, 0.15) is 22.3 Å². The maximum absolute atomic E-state index is 6.69. The molecule has 2 heterocycles. The highest BCUT2D eigenvalue weighted by Gasteiger charge is 2.19. The van der Waals surface area contributed by atoms with Gasteiger partial charge in [-0.05, 0) is 114 Å². The SMILES string of the molecule is c1ccc2c(c1)cc(-c1ccc3oc4c(ccc5oc6ccc(-c7cc8ccccc8c8ccccc78)cc6c54)c3c1)c1ccccc12. The Labute approximate surface area is 275 Å². The van der Waals surface area contributed by atoms with Crippen LogP contribution >= 0.6 is 0 Å². The second-order valence-corrected chi connectivity index (χ2v) is 12.8. The highest BCUT2D eigenvalue weighted by Crippen LogP contribution is 2.43. The Balaban J connectivity index is 1.15. The van der Waals surface area contributed by atoms with Gasteiger partial charge in [0, 0.05) is 16.2 Å². The van der Waals surface area contributed by atoms with Gasteiger partial charge in [-0.15, -0.1) is 0 Å². The molecule has 0 fully saturated rings. The number of hydrogen-bond donors (Lipinski definition) is 0. The van der Waals surface area contributed by atoms with Crippen molar-refractivity contribution in [2.45, 2.75) is 0 Å². The summed E-state index contributed by atoms with van der Waals surface area (Å²) >= 11 is 0. The Morgan fingerprint density at radius 1 is 0.292 bits per heavy atom. The molecule has 0 saturated heterocycles. The van der Waals surface area contributed by atoms with E-state index >= 15 is 0 Å². The zero-order valence-corrected chi connectivity index (χ0v) is 25.8. The third-order valence-electron chi connectivity index (χ3n) is 10.2. The molecule has 0 unspecified atom stereocenters. The second-order valence-electron chi connectivity index (χ2n) is 12.8. The van der Waals surface area contributed by atoms with Gasteiger partial charge < -0.3 is 8.83 Å². The second kappa shape index (κ2) is 9.57. The summed E-state index contributed by atoms with van der Waals surface area (Å²) in [6.45, 7) is 0. The molecule has 2 aromatic heterocycles. The van der Waals surface area contributed by atoms with Gasteiger partial charge in [-0.1, -0.05) is 109 Å². The Morgan fingerprint density at radius 2 is 0.771 bits per heavy atom. The molecule has 0 aliphatic carbocycles. The highest BCUT2D eigenvalue weighted by atomic mass is 16.3. The Kier molecular flexibility index (Phi) is 5.14. The summed E-state index contributed by atoms with van der Waals surface area (Å²) in [5.41, 5.74) is 8.19. The zero-order valence-electron chi connectivity index (χ0n) is 25.8. The van der Waals surface area contributed by atoms with Crippen molar-refractivity contribution in [3.63, 3.8) is 0 Å². The molecule has 48 heavy (non-hydrogen) atoms. The summed E-state index contributed by atoms with van der Waals surface area (Å²) in [5.74, 6) is 0. The van der Waals surface area contributed by atoms with E-state index in [1.54, 1.807) is 0 Å². The van der Waals surface area contributed by atoms with Crippen LogP contribution in [0, 0.1) is 0 Å². The van der Waals surface area contributed by atoms with Crippen molar-refractivity contribution in [3.8, 4) is 22.3 Å². The summed E-state index contributed by atoms with van der Waals surface area (Å²) < 4.78 is 13.1. The van der Waals surface area contributed by atoms with Crippen molar-refractivity contribution in [2.75, 3.05) is 0 Å². The van der Waals surface area contributed by atoms with Gasteiger partial charge in [0.15, 0.2) is 0 Å². The van der Waals surface area contributed by atoms with Crippen LogP contribution in [0.4, 0.5) is 0 Å². The molecule has 0 saturated carbocycles. The van der Waals surface area contributed by atoms with E-state index in [-0.39, 0.29) is 0 Å². The fourth-order valence-corrected chi connectivity index (χ4v) is 8.02. The summed E-state index contributed by atoms with van der Waals surface area (Å²) in [5, 5.41) is 14.3. The predicted molar refractivity (Wildman–Crippen MR) is 202 cm³/mol. The van der Waals surface area contributed by atoms with E-state index in [1.165, 1.54) is 59.8 Å². The number of rotatable bonds is 2. The molecule has 11 rings (SSSR count). The molecular weight excluding hydrogens is 585 g/mol. The van der Waals surface area contributed by atoms with Crippen LogP contribution in [0.25, 0.3) is 109 Å². The predicted octanol–water partition coefficient (Wildman–Crippen LogP) is 13.4. The molecule has 0 bridgehead atoms. The van der Waals surface area contributed by atoms with Crippen LogP contribution in [-0.4, -0.2) is 0 Å². The van der Waals surface area contributed by atoms with E-state index in [9.17, 15) is 0 Å². The normalized spacial score (nSPS) is 12.2. The first-order chi connectivity index (χ1) is 23.8. The first kappa shape index (κ1) is 25.8. The van der Waals surface area contributed by atoms with Crippen LogP contribution in [0.5, 0.6) is 0 Å². The lowest BCUT2D eigenvalue weighted by molar-refractivity contribution is 0.663. The summed E-state index contributed by atoms with van der Waals surface area (Å²) in [6, 6.07) is 56.7. The fourth-order valence-electron chi connectivity index (χ4n) is 8.02. The molecule has 9 aromatic carbocycles. The van der Waals surface area contributed by atoms with Crippen molar-refractivity contribution in [2.24, 2.45) is 0 Å². The maximum atomic E-state index is 6.69. The molecule has 0 radical (unpaired) electrons. The summed E-state index contributed by atoms with van der Waals surface area (Å²) in [4.78, 5) is 0. The van der Waals surface area contributed by atoms with Crippen LogP contribution in [0.1, 0.15) is 0 Å². The maximum Gasteiger partial charge on any atom is 0.147 e. The highest BCUT2D eigenvalue weighted by molar-refractivity contribution is 6.23. The Morgan fingerprint density at radius 3 is 1.38 bits per heavy atom. The van der Waals surface area contributed by atoms with Crippen LogP contribution < -0.4 is 0 Å². The minimum atomic E-state index is 0.831. The van der Waals surface area contributed by atoms with Gasteiger partial charge >= 0.3 is 0 Å². The van der Waals surface area contributed by atoms with Crippen LogP contribution in [-0.2, 0) is 0 Å². The van der Waals surface area contributed by atoms with Crippen molar-refractivity contribution in [1.82, 2.24) is 0 Å². The molecular formula is C46H26O2. The monoisotopic (exact) mass is 610 g/mol. The summed E-state index contributed by atoms with van der Waals surface area (Å²) in [7, 11) is 0. The van der Waals surface area contributed by atoms with E-state index in [4.69, 9.17) is 8.83 Å². The molecule has 2 heteroatoms. The number of fused-ring (bicyclic) bond motifs is 13. The molecule has 0 aliphatic rings. The van der Waals surface area contributed by atoms with E-state index in [2.05, 4.69) is 158 Å². The average molecular weight is 611 g/mol.